The van der Waals surface area contributed by atoms with E-state index >= 15 is 0 Å². The molecule has 0 saturated heterocycles. The van der Waals surface area contributed by atoms with Crippen LogP contribution in [0.15, 0.2) is 54.4 Å². The lowest BCUT2D eigenvalue weighted by Gasteiger charge is -2.14. The van der Waals surface area contributed by atoms with Crippen molar-refractivity contribution in [3.8, 4) is 11.1 Å². The number of alkyl halides is 3. The summed E-state index contributed by atoms with van der Waals surface area (Å²) >= 11 is 7.84. The Labute approximate surface area is 188 Å². The molecule has 0 unspecified atom stereocenters. The molecular formula is C21H13ClF3N5OS. The van der Waals surface area contributed by atoms with Crippen molar-refractivity contribution in [2.45, 2.75) is 6.18 Å². The van der Waals surface area contributed by atoms with Gasteiger partial charge in [0.2, 0.25) is 0 Å². The zero-order valence-corrected chi connectivity index (χ0v) is 17.7. The van der Waals surface area contributed by atoms with Gasteiger partial charge in [-0.05, 0) is 12.1 Å². The summed E-state index contributed by atoms with van der Waals surface area (Å²) in [6, 6.07) is 4.25. The number of thiazole rings is 1. The van der Waals surface area contributed by atoms with Gasteiger partial charge in [-0.2, -0.15) is 13.2 Å². The molecule has 0 N–H and O–H groups in total. The molecule has 4 aromatic heterocycles. The monoisotopic (exact) mass is 475 g/mol. The van der Waals surface area contributed by atoms with E-state index in [4.69, 9.17) is 11.6 Å². The molecule has 0 fully saturated rings. The number of imidazole rings is 1. The zero-order valence-electron chi connectivity index (χ0n) is 16.2. The predicted octanol–water partition coefficient (Wildman–Crippen LogP) is 5.06. The van der Waals surface area contributed by atoms with Crippen LogP contribution in [-0.4, -0.2) is 43.2 Å². The third-order valence-electron chi connectivity index (χ3n) is 5.08. The van der Waals surface area contributed by atoms with Gasteiger partial charge in [-0.25, -0.2) is 9.97 Å². The van der Waals surface area contributed by atoms with Crippen LogP contribution in [0.25, 0.3) is 22.3 Å². The molecule has 0 spiro atoms. The van der Waals surface area contributed by atoms with Crippen LogP contribution in [0.3, 0.4) is 0 Å². The van der Waals surface area contributed by atoms with Crippen LogP contribution in [0.5, 0.6) is 0 Å². The highest BCUT2D eigenvalue weighted by Crippen LogP contribution is 2.37. The summed E-state index contributed by atoms with van der Waals surface area (Å²) in [5.74, 6) is -0.544. The average molecular weight is 476 g/mol. The Balaban J connectivity index is 1.57. The van der Waals surface area contributed by atoms with Gasteiger partial charge in [0.25, 0.3) is 5.91 Å². The Morgan fingerprint density at radius 3 is 2.75 bits per heavy atom. The molecule has 0 atom stereocenters. The second-order valence-electron chi connectivity index (χ2n) is 7.08. The molecule has 11 heteroatoms. The molecule has 162 valence electrons. The second-order valence-corrected chi connectivity index (χ2v) is 8.33. The van der Waals surface area contributed by atoms with Gasteiger partial charge in [0, 0.05) is 60.0 Å². The van der Waals surface area contributed by atoms with Gasteiger partial charge in [0.15, 0.2) is 11.3 Å². The maximum Gasteiger partial charge on any atom is 0.420 e. The SMILES string of the molecule is O=C(c1nc2c(C(F)(F)F)cc(-c3cccnc3)cn2c1Cl)N1CC=C(c2nccs2)C1. The van der Waals surface area contributed by atoms with E-state index in [9.17, 15) is 18.0 Å². The van der Waals surface area contributed by atoms with Crippen molar-refractivity contribution in [3.05, 3.63) is 75.9 Å². The fourth-order valence-corrected chi connectivity index (χ4v) is 4.47. The van der Waals surface area contributed by atoms with Crippen LogP contribution in [-0.2, 0) is 6.18 Å². The van der Waals surface area contributed by atoms with Gasteiger partial charge < -0.3 is 4.90 Å². The number of aromatic nitrogens is 4. The molecule has 32 heavy (non-hydrogen) atoms. The highest BCUT2D eigenvalue weighted by atomic mass is 35.5. The van der Waals surface area contributed by atoms with Crippen LogP contribution in [0.2, 0.25) is 5.15 Å². The summed E-state index contributed by atoms with van der Waals surface area (Å²) in [5, 5.41) is 2.45. The van der Waals surface area contributed by atoms with E-state index in [-0.39, 0.29) is 23.0 Å². The Morgan fingerprint density at radius 1 is 1.22 bits per heavy atom. The van der Waals surface area contributed by atoms with Crippen LogP contribution in [0.4, 0.5) is 13.2 Å². The first-order valence-electron chi connectivity index (χ1n) is 9.40. The van der Waals surface area contributed by atoms with E-state index in [1.54, 1.807) is 18.3 Å². The number of carbonyl (C=O) groups excluding carboxylic acids is 1. The second kappa shape index (κ2) is 7.72. The van der Waals surface area contributed by atoms with Crippen LogP contribution in [0, 0.1) is 0 Å². The van der Waals surface area contributed by atoms with Crippen molar-refractivity contribution in [3.63, 3.8) is 0 Å². The average Bonchev–Trinajstić information content (AvgIpc) is 3.53. The third-order valence-corrected chi connectivity index (χ3v) is 6.29. The number of rotatable bonds is 3. The first kappa shape index (κ1) is 20.7. The van der Waals surface area contributed by atoms with E-state index < -0.39 is 23.3 Å². The summed E-state index contributed by atoms with van der Waals surface area (Å²) in [6.07, 6.45) is 3.25. The lowest BCUT2D eigenvalue weighted by Crippen LogP contribution is -2.29. The minimum atomic E-state index is -4.69. The largest absolute Gasteiger partial charge is 0.420 e. The first-order chi connectivity index (χ1) is 15.3. The maximum atomic E-state index is 13.8. The minimum Gasteiger partial charge on any atom is -0.329 e. The number of amides is 1. The quantitative estimate of drug-likeness (QED) is 0.415. The highest BCUT2D eigenvalue weighted by molar-refractivity contribution is 7.10. The Hall–Kier alpha value is -3.24. The normalized spacial score (nSPS) is 14.2. The lowest BCUT2D eigenvalue weighted by atomic mass is 10.1. The maximum absolute atomic E-state index is 13.8. The van der Waals surface area contributed by atoms with Crippen LogP contribution < -0.4 is 0 Å². The van der Waals surface area contributed by atoms with Crippen molar-refractivity contribution >= 4 is 40.1 Å². The van der Waals surface area contributed by atoms with E-state index in [1.165, 1.54) is 34.8 Å². The smallest absolute Gasteiger partial charge is 0.329 e. The summed E-state index contributed by atoms with van der Waals surface area (Å²) in [6.45, 7) is 0.578. The molecule has 0 bridgehead atoms. The van der Waals surface area contributed by atoms with Gasteiger partial charge in [0.1, 0.15) is 10.2 Å². The molecule has 1 aliphatic rings. The van der Waals surface area contributed by atoms with Crippen molar-refractivity contribution in [2.75, 3.05) is 13.1 Å². The van der Waals surface area contributed by atoms with Crippen molar-refractivity contribution in [2.24, 2.45) is 0 Å². The zero-order chi connectivity index (χ0) is 22.5. The predicted molar refractivity (Wildman–Crippen MR) is 114 cm³/mol. The summed E-state index contributed by atoms with van der Waals surface area (Å²) < 4.78 is 42.6. The van der Waals surface area contributed by atoms with Crippen molar-refractivity contribution in [1.29, 1.82) is 0 Å². The van der Waals surface area contributed by atoms with Crippen molar-refractivity contribution < 1.29 is 18.0 Å². The van der Waals surface area contributed by atoms with Gasteiger partial charge in [-0.1, -0.05) is 23.7 Å². The molecular weight excluding hydrogens is 463 g/mol. The number of nitrogens with zero attached hydrogens (tertiary/aromatic N) is 5. The Morgan fingerprint density at radius 2 is 2.06 bits per heavy atom. The Kier molecular flexibility index (Phi) is 4.98. The molecule has 5 rings (SSSR count). The number of hydrogen-bond donors (Lipinski definition) is 0. The summed E-state index contributed by atoms with van der Waals surface area (Å²) in [4.78, 5) is 26.8. The standard InChI is InChI=1S/C21H13ClF3N5OS/c22-17-16(20(31)29-6-3-13(10-29)19-27-5-7-32-19)28-18-15(21(23,24)25)8-14(11-30(17)18)12-2-1-4-26-9-12/h1-5,7-9,11H,6,10H2. The molecule has 1 aliphatic heterocycles. The van der Waals surface area contributed by atoms with E-state index in [1.807, 2.05) is 11.5 Å². The lowest BCUT2D eigenvalue weighted by molar-refractivity contribution is -0.136. The van der Waals surface area contributed by atoms with Gasteiger partial charge in [0.05, 0.1) is 5.56 Å². The molecule has 0 aromatic carbocycles. The summed E-state index contributed by atoms with van der Waals surface area (Å²) in [5.41, 5.74) is -0.0227. The van der Waals surface area contributed by atoms with Gasteiger partial charge in [-0.15, -0.1) is 11.3 Å². The number of fused-ring (bicyclic) bond motifs is 1. The highest BCUT2D eigenvalue weighted by Gasteiger charge is 2.37. The minimum absolute atomic E-state index is 0.177. The van der Waals surface area contributed by atoms with Crippen LogP contribution >= 0.6 is 22.9 Å². The molecule has 0 radical (unpaired) electrons. The third kappa shape index (κ3) is 3.55. The number of carbonyl (C=O) groups is 1. The molecule has 0 aliphatic carbocycles. The van der Waals surface area contributed by atoms with Crippen molar-refractivity contribution in [1.82, 2.24) is 24.3 Å². The fraction of sp³-hybridized carbons (Fsp3) is 0.143. The van der Waals surface area contributed by atoms with E-state index in [0.29, 0.717) is 12.1 Å². The van der Waals surface area contributed by atoms with Gasteiger partial charge in [-0.3, -0.25) is 14.2 Å². The number of pyridine rings is 2. The van der Waals surface area contributed by atoms with E-state index in [0.717, 1.165) is 21.0 Å². The summed E-state index contributed by atoms with van der Waals surface area (Å²) in [7, 11) is 0. The van der Waals surface area contributed by atoms with E-state index in [2.05, 4.69) is 15.0 Å². The number of hydrogen-bond acceptors (Lipinski definition) is 5. The number of halogens is 4. The molecule has 5 heterocycles. The molecule has 1 amide bonds. The topological polar surface area (TPSA) is 63.4 Å². The van der Waals surface area contributed by atoms with Crippen LogP contribution in [0.1, 0.15) is 21.1 Å². The Bertz CT molecular complexity index is 1350. The van der Waals surface area contributed by atoms with Gasteiger partial charge >= 0.3 is 6.18 Å². The fourth-order valence-electron chi connectivity index (χ4n) is 3.55. The molecule has 6 nitrogen and oxygen atoms in total. The molecule has 4 aromatic rings. The first-order valence-corrected chi connectivity index (χ1v) is 10.7. The molecule has 0 saturated carbocycles.